The van der Waals surface area contributed by atoms with Gasteiger partial charge in [0, 0.05) is 48.4 Å². The van der Waals surface area contributed by atoms with Crippen LogP contribution in [0.1, 0.15) is 27.7 Å². The fourth-order valence-electron chi connectivity index (χ4n) is 4.75. The van der Waals surface area contributed by atoms with Crippen LogP contribution < -0.4 is 44.6 Å². The number of carbonyl (C=O) groups is 2. The first-order valence-electron chi connectivity index (χ1n) is 12.1. The van der Waals surface area contributed by atoms with Gasteiger partial charge < -0.3 is 44.9 Å². The number of halogens is 2. The lowest BCUT2D eigenvalue weighted by atomic mass is 10.0. The zero-order valence-electron chi connectivity index (χ0n) is 21.2. The van der Waals surface area contributed by atoms with Crippen LogP contribution in [-0.2, 0) is 32.2 Å². The Hall–Kier alpha value is -1.94. The molecular formula is C26H36Cl2N4O4. The van der Waals surface area contributed by atoms with Crippen molar-refractivity contribution in [1.29, 1.82) is 0 Å². The van der Waals surface area contributed by atoms with E-state index in [9.17, 15) is 9.59 Å². The number of hydrogen-bond acceptors (Lipinski definition) is 6. The number of ketones is 2. The van der Waals surface area contributed by atoms with Crippen LogP contribution in [0.2, 0.25) is 0 Å². The number of carbonyl (C=O) groups excluding carboxylic acids is 2. The van der Waals surface area contributed by atoms with E-state index < -0.39 is 12.2 Å². The minimum absolute atomic E-state index is 0. The van der Waals surface area contributed by atoms with E-state index in [-0.39, 0.29) is 73.6 Å². The molecule has 2 aliphatic heterocycles. The van der Waals surface area contributed by atoms with Crippen LogP contribution in [0.15, 0.2) is 49.1 Å². The molecule has 4 rings (SSSR count). The lowest BCUT2D eigenvalue weighted by molar-refractivity contribution is -0.684. The number of hydrogen-bond donors (Lipinski definition) is 2. The average molecular weight is 540 g/mol. The van der Waals surface area contributed by atoms with Crippen molar-refractivity contribution in [3.05, 3.63) is 49.1 Å². The first-order valence-corrected chi connectivity index (χ1v) is 12.1. The van der Waals surface area contributed by atoms with Gasteiger partial charge in [0.1, 0.15) is 12.2 Å². The van der Waals surface area contributed by atoms with Gasteiger partial charge in [-0.15, -0.1) is 0 Å². The van der Waals surface area contributed by atoms with Crippen LogP contribution in [0.5, 0.6) is 0 Å². The molecule has 0 spiro atoms. The number of Topliss-reactive ketones (excluding diaryl/α,β-unsaturated/α-hetero) is 2. The third-order valence-corrected chi connectivity index (χ3v) is 6.48. The molecule has 2 aromatic heterocycles. The van der Waals surface area contributed by atoms with Crippen LogP contribution in [0.3, 0.4) is 0 Å². The summed E-state index contributed by atoms with van der Waals surface area (Å²) in [6.45, 7) is 9.73. The van der Waals surface area contributed by atoms with Gasteiger partial charge >= 0.3 is 0 Å². The van der Waals surface area contributed by atoms with Crippen molar-refractivity contribution in [2.24, 2.45) is 0 Å². The van der Waals surface area contributed by atoms with Crippen LogP contribution in [0.4, 0.5) is 0 Å². The quantitative estimate of drug-likeness (QED) is 0.342. The van der Waals surface area contributed by atoms with Crippen LogP contribution >= 0.6 is 0 Å². The fraction of sp³-hybridized carbons (Fsp3) is 0.538. The Balaban J connectivity index is 0.00000228. The lowest BCUT2D eigenvalue weighted by Crippen LogP contribution is -3.00. The summed E-state index contributed by atoms with van der Waals surface area (Å²) in [7, 11) is 0. The van der Waals surface area contributed by atoms with Gasteiger partial charge in [0.25, 0.3) is 0 Å². The Labute approximate surface area is 225 Å². The van der Waals surface area contributed by atoms with Crippen molar-refractivity contribution in [3.8, 4) is 11.1 Å². The summed E-state index contributed by atoms with van der Waals surface area (Å²) in [5, 5.41) is 6.75. The number of nitrogens with one attached hydrogen (secondary N) is 2. The second kappa shape index (κ2) is 13.6. The maximum atomic E-state index is 12.7. The summed E-state index contributed by atoms with van der Waals surface area (Å²) in [4.78, 5) is 25.4. The molecule has 0 aliphatic carbocycles. The molecule has 2 saturated heterocycles. The zero-order chi connectivity index (χ0) is 24.2. The molecule has 2 fully saturated rings. The Morgan fingerprint density at radius 1 is 0.722 bits per heavy atom. The average Bonchev–Trinajstić information content (AvgIpc) is 2.80. The molecule has 0 radical (unpaired) electrons. The van der Waals surface area contributed by atoms with E-state index in [0.717, 1.165) is 11.1 Å². The van der Waals surface area contributed by atoms with E-state index in [2.05, 4.69) is 24.5 Å². The van der Waals surface area contributed by atoms with Gasteiger partial charge in [0.2, 0.25) is 24.7 Å². The smallest absolute Gasteiger partial charge is 0.227 e. The monoisotopic (exact) mass is 538 g/mol. The summed E-state index contributed by atoms with van der Waals surface area (Å²) >= 11 is 0. The summed E-state index contributed by atoms with van der Waals surface area (Å²) in [6, 6.07) is 8.51. The van der Waals surface area contributed by atoms with E-state index in [1.165, 1.54) is 0 Å². The van der Waals surface area contributed by atoms with E-state index in [4.69, 9.17) is 9.47 Å². The van der Waals surface area contributed by atoms with Crippen LogP contribution in [-0.4, -0.2) is 61.2 Å². The maximum absolute atomic E-state index is 12.7. The van der Waals surface area contributed by atoms with Gasteiger partial charge in [-0.3, -0.25) is 9.59 Å². The van der Waals surface area contributed by atoms with Crippen molar-refractivity contribution in [2.75, 3.05) is 13.2 Å². The summed E-state index contributed by atoms with van der Waals surface area (Å²) in [5.74, 6) is 0.131. The summed E-state index contributed by atoms with van der Waals surface area (Å²) < 4.78 is 15.3. The van der Waals surface area contributed by atoms with Gasteiger partial charge in [-0.05, 0) is 38.8 Å². The Morgan fingerprint density at radius 3 is 1.36 bits per heavy atom. The highest BCUT2D eigenvalue weighted by Gasteiger charge is 2.34. The molecule has 0 aromatic carbocycles. The maximum Gasteiger partial charge on any atom is 0.227 e. The Morgan fingerprint density at radius 2 is 1.06 bits per heavy atom. The number of morpholine rings is 2. The molecule has 2 aliphatic rings. The van der Waals surface area contributed by atoms with E-state index in [0.29, 0.717) is 13.2 Å². The Kier molecular flexibility index (Phi) is 11.4. The molecule has 2 aromatic rings. The summed E-state index contributed by atoms with van der Waals surface area (Å²) in [6.07, 6.45) is 6.82. The van der Waals surface area contributed by atoms with Gasteiger partial charge in [-0.25, -0.2) is 0 Å². The predicted molar refractivity (Wildman–Crippen MR) is 126 cm³/mol. The molecule has 36 heavy (non-hydrogen) atoms. The second-order valence-corrected chi connectivity index (χ2v) is 9.67. The largest absolute Gasteiger partial charge is 1.00 e. The first-order chi connectivity index (χ1) is 16.3. The fourth-order valence-corrected chi connectivity index (χ4v) is 4.75. The van der Waals surface area contributed by atoms with Gasteiger partial charge in [-0.2, -0.15) is 9.13 Å². The summed E-state index contributed by atoms with van der Waals surface area (Å²) in [5.41, 5.74) is 2.09. The molecule has 0 bridgehead atoms. The molecule has 0 amide bonds. The molecular weight excluding hydrogens is 503 g/mol. The topological polar surface area (TPSA) is 84.4 Å². The molecule has 8 nitrogen and oxygen atoms in total. The minimum atomic E-state index is -0.420. The normalized spacial score (nSPS) is 27.9. The number of nitrogens with zero attached hydrogens (tertiary/aromatic N) is 2. The SMILES string of the molecule is CC1COC(C(=O)C[n+]2ccc(-c3cc[n+](CC(=O)C4OCC(C)NC4C)cc3)cc2)C(C)N1.[Cl-].[Cl-]. The van der Waals surface area contributed by atoms with E-state index >= 15 is 0 Å². The number of rotatable bonds is 7. The lowest BCUT2D eigenvalue weighted by Gasteiger charge is -2.32. The van der Waals surface area contributed by atoms with Gasteiger partial charge in [0.05, 0.1) is 13.2 Å². The molecule has 198 valence electrons. The predicted octanol–water partition coefficient (Wildman–Crippen LogP) is -5.39. The van der Waals surface area contributed by atoms with Crippen molar-refractivity contribution >= 4 is 11.6 Å². The second-order valence-electron chi connectivity index (χ2n) is 9.67. The molecule has 10 heteroatoms. The third kappa shape index (κ3) is 7.54. The van der Waals surface area contributed by atoms with E-state index in [1.54, 1.807) is 0 Å². The van der Waals surface area contributed by atoms with Crippen molar-refractivity contribution in [2.45, 2.75) is 77.2 Å². The highest BCUT2D eigenvalue weighted by Crippen LogP contribution is 2.16. The third-order valence-electron chi connectivity index (χ3n) is 6.48. The van der Waals surface area contributed by atoms with Gasteiger partial charge in [0.15, 0.2) is 24.8 Å². The van der Waals surface area contributed by atoms with E-state index in [1.807, 2.05) is 72.0 Å². The number of pyridine rings is 2. The highest BCUT2D eigenvalue weighted by atomic mass is 35.5. The first kappa shape index (κ1) is 30.3. The highest BCUT2D eigenvalue weighted by molar-refractivity contribution is 5.83. The molecule has 4 heterocycles. The van der Waals surface area contributed by atoms with Crippen molar-refractivity contribution in [1.82, 2.24) is 10.6 Å². The van der Waals surface area contributed by atoms with Crippen molar-refractivity contribution < 1.29 is 53.0 Å². The van der Waals surface area contributed by atoms with Crippen LogP contribution in [0, 0.1) is 0 Å². The Bertz CT molecular complexity index is 925. The number of ether oxygens (including phenoxy) is 2. The molecule has 6 atom stereocenters. The van der Waals surface area contributed by atoms with Gasteiger partial charge in [-0.1, -0.05) is 0 Å². The zero-order valence-corrected chi connectivity index (χ0v) is 22.7. The standard InChI is InChI=1S/C26H36N4O4.2ClH/c1-17-15-33-25(19(3)27-17)23(31)13-29-9-5-21(6-10-29)22-7-11-30(12-8-22)14-24(32)26-20(4)28-18(2)16-34-26;;/h5-12,17-20,25-28H,13-16H2,1-4H3;2*1H/q+2;;/p-2. The minimum Gasteiger partial charge on any atom is -1.00 e. The molecule has 2 N–H and O–H groups in total. The van der Waals surface area contributed by atoms with Crippen molar-refractivity contribution in [3.63, 3.8) is 0 Å². The molecule has 0 saturated carbocycles. The van der Waals surface area contributed by atoms with Crippen LogP contribution in [0.25, 0.3) is 11.1 Å². The molecule has 6 unspecified atom stereocenters. The number of aromatic nitrogens is 2.